The van der Waals surface area contributed by atoms with E-state index in [1.807, 2.05) is 26.1 Å². The summed E-state index contributed by atoms with van der Waals surface area (Å²) in [6, 6.07) is 3.81. The van der Waals surface area contributed by atoms with E-state index >= 15 is 0 Å². The molecule has 2 N–H and O–H groups in total. The first-order chi connectivity index (χ1) is 11.8. The van der Waals surface area contributed by atoms with Crippen LogP contribution in [0.1, 0.15) is 52.0 Å². The Morgan fingerprint density at radius 2 is 1.92 bits per heavy atom. The van der Waals surface area contributed by atoms with E-state index in [0.717, 1.165) is 36.2 Å². The van der Waals surface area contributed by atoms with Gasteiger partial charge in [-0.2, -0.15) is 0 Å². The summed E-state index contributed by atoms with van der Waals surface area (Å²) in [4.78, 5) is 4.91. The minimum Gasteiger partial charge on any atom is -0.382 e. The summed E-state index contributed by atoms with van der Waals surface area (Å²) in [6.45, 7) is 5.36. The first kappa shape index (κ1) is 20.3. The van der Waals surface area contributed by atoms with Crippen LogP contribution in [0.3, 0.4) is 0 Å². The van der Waals surface area contributed by atoms with Crippen LogP contribution < -0.4 is 10.0 Å². The van der Waals surface area contributed by atoms with Gasteiger partial charge in [0.1, 0.15) is 0 Å². The van der Waals surface area contributed by atoms with E-state index in [0.29, 0.717) is 0 Å². The largest absolute Gasteiger partial charge is 0.382 e. The van der Waals surface area contributed by atoms with E-state index in [4.69, 9.17) is 12.2 Å². The summed E-state index contributed by atoms with van der Waals surface area (Å²) in [5, 5.41) is 2.72. The van der Waals surface area contributed by atoms with Gasteiger partial charge in [0, 0.05) is 30.9 Å². The van der Waals surface area contributed by atoms with Gasteiger partial charge in [0.2, 0.25) is 10.0 Å². The molecule has 1 aliphatic carbocycles. The lowest BCUT2D eigenvalue weighted by Gasteiger charge is -2.47. The van der Waals surface area contributed by atoms with Crippen LogP contribution in [0.2, 0.25) is 0 Å². The Hall–Kier alpha value is -1.05. The molecule has 1 heterocycles. The number of thiocarbonyl (C=S) groups is 1. The van der Waals surface area contributed by atoms with E-state index in [1.54, 1.807) is 26.2 Å². The number of nitrogens with zero attached hydrogens (tertiary/aromatic N) is 1. The van der Waals surface area contributed by atoms with Gasteiger partial charge in [-0.3, -0.25) is 4.98 Å². The van der Waals surface area contributed by atoms with Gasteiger partial charge in [-0.1, -0.05) is 25.1 Å². The second-order valence-corrected chi connectivity index (χ2v) is 9.82. The lowest BCUT2D eigenvalue weighted by Crippen LogP contribution is -2.56. The van der Waals surface area contributed by atoms with Crippen molar-refractivity contribution in [2.45, 2.75) is 63.2 Å². The van der Waals surface area contributed by atoms with Crippen molar-refractivity contribution in [1.29, 1.82) is 0 Å². The summed E-state index contributed by atoms with van der Waals surface area (Å²) >= 11 is 5.75. The van der Waals surface area contributed by atoms with Crippen LogP contribution in [-0.2, 0) is 15.4 Å². The average molecular weight is 384 g/mol. The second kappa shape index (κ2) is 8.10. The van der Waals surface area contributed by atoms with Crippen molar-refractivity contribution >= 4 is 27.2 Å². The number of rotatable bonds is 6. The van der Waals surface area contributed by atoms with Crippen LogP contribution in [0.4, 0.5) is 0 Å². The summed E-state index contributed by atoms with van der Waals surface area (Å²) < 4.78 is 27.7. The topological polar surface area (TPSA) is 71.1 Å². The van der Waals surface area contributed by atoms with Crippen molar-refractivity contribution in [1.82, 2.24) is 15.0 Å². The smallest absolute Gasteiger partial charge is 0.214 e. The third-order valence-corrected chi connectivity index (χ3v) is 7.88. The Morgan fingerprint density at radius 3 is 2.48 bits per heavy atom. The van der Waals surface area contributed by atoms with Gasteiger partial charge in [-0.15, -0.1) is 0 Å². The lowest BCUT2D eigenvalue weighted by molar-refractivity contribution is 0.213. The number of likely N-dealkylation sites (N-methyl/N-ethyl adjacent to an activating group) is 1. The molecular weight excluding hydrogens is 354 g/mol. The SMILES string of the molecule is CNC(=S)[C@@]1(c2ccncc2)CCCC[C@@H]1C(C)NS(=O)(=O)C(C)C. The van der Waals surface area contributed by atoms with E-state index in [2.05, 4.69) is 15.0 Å². The number of nitrogens with one attached hydrogen (secondary N) is 2. The number of pyridine rings is 1. The van der Waals surface area contributed by atoms with Crippen molar-refractivity contribution in [3.8, 4) is 0 Å². The molecule has 0 aromatic carbocycles. The lowest BCUT2D eigenvalue weighted by atomic mass is 9.60. The zero-order valence-corrected chi connectivity index (χ0v) is 17.1. The summed E-state index contributed by atoms with van der Waals surface area (Å²) in [5.41, 5.74) is 0.742. The van der Waals surface area contributed by atoms with Gasteiger partial charge < -0.3 is 5.32 Å². The number of hydrogen-bond donors (Lipinski definition) is 2. The number of aromatic nitrogens is 1. The predicted molar refractivity (Wildman–Crippen MR) is 106 cm³/mol. The third kappa shape index (κ3) is 4.04. The molecule has 0 spiro atoms. The maximum absolute atomic E-state index is 12.4. The van der Waals surface area contributed by atoms with Gasteiger partial charge >= 0.3 is 0 Å². The molecule has 0 bridgehead atoms. The number of sulfonamides is 1. The van der Waals surface area contributed by atoms with Crippen molar-refractivity contribution in [3.05, 3.63) is 30.1 Å². The van der Waals surface area contributed by atoms with Crippen LogP contribution in [0.25, 0.3) is 0 Å². The molecular formula is C18H29N3O2S2. The average Bonchev–Trinajstić information content (AvgIpc) is 2.61. The molecule has 1 fully saturated rings. The van der Waals surface area contributed by atoms with Crippen LogP contribution >= 0.6 is 12.2 Å². The summed E-state index contributed by atoms with van der Waals surface area (Å²) in [5.74, 6) is 0.0946. The maximum atomic E-state index is 12.4. The van der Waals surface area contributed by atoms with Gasteiger partial charge in [0.15, 0.2) is 0 Å². The zero-order valence-electron chi connectivity index (χ0n) is 15.5. The van der Waals surface area contributed by atoms with Crippen molar-refractivity contribution in [2.75, 3.05) is 7.05 Å². The first-order valence-corrected chi connectivity index (χ1v) is 10.8. The maximum Gasteiger partial charge on any atom is 0.214 e. The van der Waals surface area contributed by atoms with Gasteiger partial charge in [-0.05, 0) is 57.2 Å². The van der Waals surface area contributed by atoms with Crippen molar-refractivity contribution < 1.29 is 8.42 Å². The molecule has 1 aromatic rings. The summed E-state index contributed by atoms with van der Waals surface area (Å²) in [6.07, 6.45) is 7.57. The highest BCUT2D eigenvalue weighted by Crippen LogP contribution is 2.46. The highest BCUT2D eigenvalue weighted by atomic mass is 32.2. The van der Waals surface area contributed by atoms with Gasteiger partial charge in [0.25, 0.3) is 0 Å². The Balaban J connectivity index is 2.47. The molecule has 1 aliphatic rings. The minimum absolute atomic E-state index is 0.0946. The molecule has 0 saturated heterocycles. The van der Waals surface area contributed by atoms with E-state index < -0.39 is 15.3 Å². The quantitative estimate of drug-likeness (QED) is 0.739. The minimum atomic E-state index is -3.34. The number of hydrogen-bond acceptors (Lipinski definition) is 4. The third-order valence-electron chi connectivity index (χ3n) is 5.37. The fraction of sp³-hybridized carbons (Fsp3) is 0.667. The highest BCUT2D eigenvalue weighted by molar-refractivity contribution is 7.90. The Morgan fingerprint density at radius 1 is 1.28 bits per heavy atom. The predicted octanol–water partition coefficient (Wildman–Crippen LogP) is 2.77. The molecule has 7 heteroatoms. The molecule has 0 amide bonds. The standard InChI is InChI=1S/C18H29N3O2S2/c1-13(2)25(22,23)21-14(3)16-7-5-6-10-18(16,17(24)19-4)15-8-11-20-12-9-15/h8-9,11-14,16,21H,5-7,10H2,1-4H3,(H,19,24)/t14?,16-,18-/m1/s1. The monoisotopic (exact) mass is 383 g/mol. The van der Waals surface area contributed by atoms with Gasteiger partial charge in [0.05, 0.1) is 10.2 Å². The fourth-order valence-electron chi connectivity index (χ4n) is 4.00. The molecule has 3 atom stereocenters. The second-order valence-electron chi connectivity index (χ2n) is 7.14. The molecule has 5 nitrogen and oxygen atoms in total. The molecule has 0 radical (unpaired) electrons. The Labute approximate surface area is 157 Å². The summed E-state index contributed by atoms with van der Waals surface area (Å²) in [7, 11) is -1.49. The van der Waals surface area contributed by atoms with Crippen molar-refractivity contribution in [3.63, 3.8) is 0 Å². The van der Waals surface area contributed by atoms with Gasteiger partial charge in [-0.25, -0.2) is 13.1 Å². The molecule has 1 saturated carbocycles. The highest BCUT2D eigenvalue weighted by Gasteiger charge is 2.48. The Bertz CT molecular complexity index is 692. The Kier molecular flexibility index (Phi) is 6.56. The molecule has 1 aromatic heterocycles. The van der Waals surface area contributed by atoms with Crippen LogP contribution in [0.15, 0.2) is 24.5 Å². The van der Waals surface area contributed by atoms with E-state index in [-0.39, 0.29) is 17.4 Å². The van der Waals surface area contributed by atoms with Crippen LogP contribution in [-0.4, -0.2) is 36.7 Å². The van der Waals surface area contributed by atoms with E-state index in [1.165, 1.54) is 0 Å². The normalized spacial score (nSPS) is 25.6. The van der Waals surface area contributed by atoms with Crippen LogP contribution in [0.5, 0.6) is 0 Å². The first-order valence-electron chi connectivity index (χ1n) is 8.89. The van der Waals surface area contributed by atoms with Crippen LogP contribution in [0, 0.1) is 5.92 Å². The molecule has 0 aliphatic heterocycles. The molecule has 2 rings (SSSR count). The fourth-order valence-corrected chi connectivity index (χ4v) is 5.32. The molecule has 140 valence electrons. The van der Waals surface area contributed by atoms with E-state index in [9.17, 15) is 8.42 Å². The van der Waals surface area contributed by atoms with Crippen molar-refractivity contribution in [2.24, 2.45) is 5.92 Å². The molecule has 25 heavy (non-hydrogen) atoms. The zero-order chi connectivity index (χ0) is 18.7. The molecule has 1 unspecified atom stereocenters.